The van der Waals surface area contributed by atoms with E-state index in [-0.39, 0.29) is 0 Å². The van der Waals surface area contributed by atoms with E-state index in [0.717, 1.165) is 11.8 Å². The van der Waals surface area contributed by atoms with Gasteiger partial charge in [0, 0.05) is 0 Å². The van der Waals surface area contributed by atoms with Gasteiger partial charge in [0.25, 0.3) is 0 Å². The molecular formula is C19H44. The van der Waals surface area contributed by atoms with Crippen molar-refractivity contribution in [3.05, 3.63) is 0 Å². The van der Waals surface area contributed by atoms with Crippen LogP contribution in [0.15, 0.2) is 0 Å². The summed E-state index contributed by atoms with van der Waals surface area (Å²) in [6.07, 6.45) is 12.4. The van der Waals surface area contributed by atoms with E-state index in [1.165, 1.54) is 57.8 Å². The SMILES string of the molecule is CCC.CCC(C)CCCC(C)C.CCCCCC. The fraction of sp³-hybridized carbons (Fsp3) is 1.00. The van der Waals surface area contributed by atoms with Gasteiger partial charge in [0.2, 0.25) is 0 Å². The van der Waals surface area contributed by atoms with Crippen LogP contribution in [0, 0.1) is 11.8 Å². The summed E-state index contributed by atoms with van der Waals surface area (Å²) in [5.74, 6) is 1.84. The smallest absolute Gasteiger partial charge is 0.0445 e. The summed E-state index contributed by atoms with van der Waals surface area (Å²) in [6, 6.07) is 0. The standard InChI is InChI=1S/C10H22.C6H14.C3H8/c1-5-10(4)8-6-7-9(2)3;1-3-5-6-4-2;1-3-2/h9-10H,5-8H2,1-4H3;3-6H2,1-2H3;3H2,1-2H3. The second-order valence-corrected chi connectivity index (χ2v) is 6.25. The van der Waals surface area contributed by atoms with Gasteiger partial charge in [-0.05, 0) is 11.8 Å². The minimum atomic E-state index is 0.893. The molecule has 0 aliphatic heterocycles. The van der Waals surface area contributed by atoms with Crippen molar-refractivity contribution >= 4 is 0 Å². The monoisotopic (exact) mass is 272 g/mol. The Morgan fingerprint density at radius 3 is 1.32 bits per heavy atom. The van der Waals surface area contributed by atoms with Gasteiger partial charge in [0.05, 0.1) is 0 Å². The first kappa shape index (κ1) is 24.0. The fourth-order valence-corrected chi connectivity index (χ4v) is 1.58. The quantitative estimate of drug-likeness (QED) is 0.394. The molecule has 0 aromatic rings. The normalized spacial score (nSPS) is 11.2. The minimum Gasteiger partial charge on any atom is -0.0656 e. The van der Waals surface area contributed by atoms with Crippen LogP contribution < -0.4 is 0 Å². The second-order valence-electron chi connectivity index (χ2n) is 6.25. The maximum atomic E-state index is 2.35. The Hall–Kier alpha value is 0. The third kappa shape index (κ3) is 38.1. The predicted octanol–water partition coefficient (Wildman–Crippen LogP) is 7.86. The van der Waals surface area contributed by atoms with Crippen molar-refractivity contribution in [3.8, 4) is 0 Å². The topological polar surface area (TPSA) is 0 Å². The molecule has 0 spiro atoms. The van der Waals surface area contributed by atoms with Crippen molar-refractivity contribution in [2.75, 3.05) is 0 Å². The van der Waals surface area contributed by atoms with E-state index in [9.17, 15) is 0 Å². The van der Waals surface area contributed by atoms with Crippen LogP contribution in [0.3, 0.4) is 0 Å². The zero-order valence-corrected chi connectivity index (χ0v) is 15.5. The Labute approximate surface area is 125 Å². The zero-order chi connectivity index (χ0) is 15.5. The van der Waals surface area contributed by atoms with Crippen molar-refractivity contribution in [3.63, 3.8) is 0 Å². The molecule has 0 amide bonds. The number of rotatable bonds is 8. The third-order valence-corrected chi connectivity index (χ3v) is 3.13. The first-order valence-corrected chi connectivity index (χ1v) is 8.99. The lowest BCUT2D eigenvalue weighted by molar-refractivity contribution is 0.449. The first-order chi connectivity index (χ1) is 8.99. The van der Waals surface area contributed by atoms with E-state index >= 15 is 0 Å². The van der Waals surface area contributed by atoms with Crippen LogP contribution in [0.1, 0.15) is 113 Å². The van der Waals surface area contributed by atoms with Gasteiger partial charge in [-0.2, -0.15) is 0 Å². The molecule has 1 unspecified atom stereocenters. The van der Waals surface area contributed by atoms with E-state index in [4.69, 9.17) is 0 Å². The highest BCUT2D eigenvalue weighted by molar-refractivity contribution is 4.52. The van der Waals surface area contributed by atoms with Gasteiger partial charge in [-0.1, -0.05) is 113 Å². The molecule has 0 fully saturated rings. The Kier molecular flexibility index (Phi) is 29.3. The molecule has 0 heteroatoms. The average molecular weight is 273 g/mol. The summed E-state index contributed by atoms with van der Waals surface area (Å²) in [5.41, 5.74) is 0. The van der Waals surface area contributed by atoms with Crippen molar-refractivity contribution < 1.29 is 0 Å². The molecule has 0 N–H and O–H groups in total. The van der Waals surface area contributed by atoms with Crippen molar-refractivity contribution in [1.29, 1.82) is 0 Å². The number of unbranched alkanes of at least 4 members (excludes halogenated alkanes) is 3. The molecule has 0 radical (unpaired) electrons. The van der Waals surface area contributed by atoms with E-state index in [1.807, 2.05) is 0 Å². The molecular weight excluding hydrogens is 228 g/mol. The van der Waals surface area contributed by atoms with Gasteiger partial charge in [0.1, 0.15) is 0 Å². The highest BCUT2D eigenvalue weighted by Gasteiger charge is 1.99. The van der Waals surface area contributed by atoms with Crippen LogP contribution >= 0.6 is 0 Å². The van der Waals surface area contributed by atoms with Crippen LogP contribution in [0.25, 0.3) is 0 Å². The second kappa shape index (κ2) is 23.1. The van der Waals surface area contributed by atoms with Gasteiger partial charge in [-0.25, -0.2) is 0 Å². The molecule has 0 aliphatic carbocycles. The minimum absolute atomic E-state index is 0.893. The van der Waals surface area contributed by atoms with Crippen LogP contribution in [0.2, 0.25) is 0 Å². The molecule has 0 aromatic carbocycles. The molecule has 0 nitrogen and oxygen atoms in total. The summed E-state index contributed by atoms with van der Waals surface area (Å²) in [4.78, 5) is 0. The molecule has 19 heavy (non-hydrogen) atoms. The van der Waals surface area contributed by atoms with Gasteiger partial charge in [-0.15, -0.1) is 0 Å². The Morgan fingerprint density at radius 1 is 0.632 bits per heavy atom. The summed E-state index contributed by atoms with van der Waals surface area (Å²) in [6.45, 7) is 17.9. The maximum absolute atomic E-state index is 2.35. The van der Waals surface area contributed by atoms with E-state index in [2.05, 4.69) is 55.4 Å². The van der Waals surface area contributed by atoms with Crippen LogP contribution in [-0.4, -0.2) is 0 Å². The van der Waals surface area contributed by atoms with Gasteiger partial charge < -0.3 is 0 Å². The molecule has 1 atom stereocenters. The lowest BCUT2D eigenvalue weighted by atomic mass is 9.98. The maximum Gasteiger partial charge on any atom is -0.0445 e. The summed E-state index contributed by atoms with van der Waals surface area (Å²) in [5, 5.41) is 0. The third-order valence-electron chi connectivity index (χ3n) is 3.13. The highest BCUT2D eigenvalue weighted by atomic mass is 14.0. The molecule has 0 saturated heterocycles. The molecule has 0 saturated carbocycles. The Bertz CT molecular complexity index is 111. The summed E-state index contributed by atoms with van der Waals surface area (Å²) < 4.78 is 0. The number of hydrogen-bond donors (Lipinski definition) is 0. The lowest BCUT2D eigenvalue weighted by Gasteiger charge is -2.08. The van der Waals surface area contributed by atoms with Gasteiger partial charge in [0.15, 0.2) is 0 Å². The van der Waals surface area contributed by atoms with Gasteiger partial charge >= 0.3 is 0 Å². The molecule has 0 rings (SSSR count). The molecule has 0 heterocycles. The van der Waals surface area contributed by atoms with Crippen molar-refractivity contribution in [2.45, 2.75) is 113 Å². The molecule has 120 valence electrons. The molecule has 0 aromatic heterocycles. The van der Waals surface area contributed by atoms with Crippen molar-refractivity contribution in [1.82, 2.24) is 0 Å². The Balaban J connectivity index is -0.000000242. The fourth-order valence-electron chi connectivity index (χ4n) is 1.58. The van der Waals surface area contributed by atoms with E-state index in [1.54, 1.807) is 0 Å². The molecule has 0 aliphatic rings. The lowest BCUT2D eigenvalue weighted by Crippen LogP contribution is -1.94. The van der Waals surface area contributed by atoms with Crippen molar-refractivity contribution in [2.24, 2.45) is 11.8 Å². The summed E-state index contributed by atoms with van der Waals surface area (Å²) in [7, 11) is 0. The number of hydrogen-bond acceptors (Lipinski definition) is 0. The average Bonchev–Trinajstić information content (AvgIpc) is 2.37. The van der Waals surface area contributed by atoms with Crippen LogP contribution in [-0.2, 0) is 0 Å². The van der Waals surface area contributed by atoms with E-state index in [0.29, 0.717) is 0 Å². The van der Waals surface area contributed by atoms with E-state index < -0.39 is 0 Å². The van der Waals surface area contributed by atoms with Crippen LogP contribution in [0.4, 0.5) is 0 Å². The zero-order valence-electron chi connectivity index (χ0n) is 15.5. The first-order valence-electron chi connectivity index (χ1n) is 8.99. The Morgan fingerprint density at radius 2 is 1.05 bits per heavy atom. The predicted molar refractivity (Wildman–Crippen MR) is 93.9 cm³/mol. The molecule has 0 bridgehead atoms. The van der Waals surface area contributed by atoms with Crippen LogP contribution in [0.5, 0.6) is 0 Å². The largest absolute Gasteiger partial charge is 0.0656 e. The summed E-state index contributed by atoms with van der Waals surface area (Å²) >= 11 is 0. The van der Waals surface area contributed by atoms with Gasteiger partial charge in [-0.3, -0.25) is 0 Å². The highest BCUT2D eigenvalue weighted by Crippen LogP contribution is 2.14.